The maximum absolute atomic E-state index is 11.0. The summed E-state index contributed by atoms with van der Waals surface area (Å²) < 4.78 is 5.38. The number of nitrogens with zero attached hydrogens (tertiary/aromatic N) is 2. The molecule has 0 atom stereocenters. The summed E-state index contributed by atoms with van der Waals surface area (Å²) in [5.41, 5.74) is 3.29. The molecule has 0 fully saturated rings. The molecule has 0 aliphatic carbocycles. The number of aromatic nitrogens is 1. The number of nitro groups is 1. The van der Waals surface area contributed by atoms with Crippen LogP contribution in [0.1, 0.15) is 11.3 Å². The van der Waals surface area contributed by atoms with E-state index in [9.17, 15) is 10.1 Å². The zero-order valence-corrected chi connectivity index (χ0v) is 14.7. The number of anilines is 1. The molecule has 0 spiro atoms. The van der Waals surface area contributed by atoms with Gasteiger partial charge in [-0.1, -0.05) is 18.2 Å². The highest BCUT2D eigenvalue weighted by molar-refractivity contribution is 7.13. The lowest BCUT2D eigenvalue weighted by Gasteiger charge is -2.08. The SMILES string of the molecule is COc1ccccc1-c1nc(CNc2cccc([N+](=O)[O-])c2C)cs1. The third-order valence-corrected chi connectivity index (χ3v) is 4.78. The summed E-state index contributed by atoms with van der Waals surface area (Å²) in [4.78, 5) is 15.3. The molecule has 0 saturated carbocycles. The second-order valence-electron chi connectivity index (χ2n) is 5.40. The second-order valence-corrected chi connectivity index (χ2v) is 6.26. The zero-order valence-electron chi connectivity index (χ0n) is 13.9. The van der Waals surface area contributed by atoms with Gasteiger partial charge in [-0.05, 0) is 25.1 Å². The van der Waals surface area contributed by atoms with Gasteiger partial charge in [-0.3, -0.25) is 10.1 Å². The van der Waals surface area contributed by atoms with Gasteiger partial charge in [0, 0.05) is 22.7 Å². The number of nitro benzene ring substituents is 1. The van der Waals surface area contributed by atoms with Crippen LogP contribution in [0.25, 0.3) is 10.6 Å². The van der Waals surface area contributed by atoms with E-state index in [0.717, 1.165) is 27.7 Å². The second kappa shape index (κ2) is 7.31. The van der Waals surface area contributed by atoms with E-state index in [-0.39, 0.29) is 10.6 Å². The van der Waals surface area contributed by atoms with Gasteiger partial charge in [0.15, 0.2) is 0 Å². The fourth-order valence-corrected chi connectivity index (χ4v) is 3.38. The van der Waals surface area contributed by atoms with Crippen LogP contribution in [-0.2, 0) is 6.54 Å². The molecule has 0 unspecified atom stereocenters. The molecule has 2 aromatic carbocycles. The molecule has 7 heteroatoms. The Morgan fingerprint density at radius 2 is 2.04 bits per heavy atom. The number of thiazole rings is 1. The predicted molar refractivity (Wildman–Crippen MR) is 99.3 cm³/mol. The molecule has 6 nitrogen and oxygen atoms in total. The van der Waals surface area contributed by atoms with Crippen LogP contribution in [0, 0.1) is 17.0 Å². The molecule has 0 radical (unpaired) electrons. The van der Waals surface area contributed by atoms with Crippen molar-refractivity contribution in [1.82, 2.24) is 4.98 Å². The lowest BCUT2D eigenvalue weighted by atomic mass is 10.1. The molecule has 0 bridgehead atoms. The van der Waals surface area contributed by atoms with Crippen LogP contribution >= 0.6 is 11.3 Å². The van der Waals surface area contributed by atoms with Gasteiger partial charge in [-0.25, -0.2) is 4.98 Å². The Hall–Kier alpha value is -2.93. The van der Waals surface area contributed by atoms with Crippen LogP contribution in [0.5, 0.6) is 5.75 Å². The summed E-state index contributed by atoms with van der Waals surface area (Å²) in [6.45, 7) is 2.23. The van der Waals surface area contributed by atoms with Crippen molar-refractivity contribution in [3.05, 3.63) is 69.2 Å². The minimum absolute atomic E-state index is 0.109. The average Bonchev–Trinajstić information content (AvgIpc) is 3.09. The Labute approximate surface area is 149 Å². The van der Waals surface area contributed by atoms with E-state index in [1.165, 1.54) is 6.07 Å². The van der Waals surface area contributed by atoms with Crippen LogP contribution in [-0.4, -0.2) is 17.0 Å². The third kappa shape index (κ3) is 3.61. The monoisotopic (exact) mass is 355 g/mol. The van der Waals surface area contributed by atoms with Gasteiger partial charge in [-0.15, -0.1) is 11.3 Å². The van der Waals surface area contributed by atoms with Gasteiger partial charge in [0.2, 0.25) is 0 Å². The Morgan fingerprint density at radius 3 is 2.80 bits per heavy atom. The third-order valence-electron chi connectivity index (χ3n) is 3.85. The lowest BCUT2D eigenvalue weighted by Crippen LogP contribution is -2.03. The van der Waals surface area contributed by atoms with Crippen molar-refractivity contribution in [3.63, 3.8) is 0 Å². The minimum atomic E-state index is -0.372. The maximum Gasteiger partial charge on any atom is 0.274 e. The van der Waals surface area contributed by atoms with Crippen molar-refractivity contribution < 1.29 is 9.66 Å². The van der Waals surface area contributed by atoms with Crippen molar-refractivity contribution in [2.75, 3.05) is 12.4 Å². The smallest absolute Gasteiger partial charge is 0.274 e. The quantitative estimate of drug-likeness (QED) is 0.514. The molecule has 3 aromatic rings. The Balaban J connectivity index is 1.77. The minimum Gasteiger partial charge on any atom is -0.496 e. The Kier molecular flexibility index (Phi) is 4.95. The maximum atomic E-state index is 11.0. The molecule has 0 saturated heterocycles. The number of rotatable bonds is 6. The molecule has 1 N–H and O–H groups in total. The van der Waals surface area contributed by atoms with E-state index in [2.05, 4.69) is 10.3 Å². The largest absolute Gasteiger partial charge is 0.496 e. The molecular weight excluding hydrogens is 338 g/mol. The molecule has 1 aromatic heterocycles. The average molecular weight is 355 g/mol. The lowest BCUT2D eigenvalue weighted by molar-refractivity contribution is -0.385. The number of hydrogen-bond acceptors (Lipinski definition) is 6. The highest BCUT2D eigenvalue weighted by atomic mass is 32.1. The number of hydrogen-bond donors (Lipinski definition) is 1. The summed E-state index contributed by atoms with van der Waals surface area (Å²) in [7, 11) is 1.64. The van der Waals surface area contributed by atoms with Crippen molar-refractivity contribution in [2.45, 2.75) is 13.5 Å². The van der Waals surface area contributed by atoms with Crippen LogP contribution in [0.15, 0.2) is 47.8 Å². The summed E-state index contributed by atoms with van der Waals surface area (Å²) in [6.07, 6.45) is 0. The van der Waals surface area contributed by atoms with Crippen molar-refractivity contribution in [1.29, 1.82) is 0 Å². The fraction of sp³-hybridized carbons (Fsp3) is 0.167. The molecule has 0 aliphatic heterocycles. The van der Waals surface area contributed by atoms with Gasteiger partial charge < -0.3 is 10.1 Å². The highest BCUT2D eigenvalue weighted by Gasteiger charge is 2.14. The van der Waals surface area contributed by atoms with Gasteiger partial charge >= 0.3 is 0 Å². The van der Waals surface area contributed by atoms with Crippen molar-refractivity contribution in [2.24, 2.45) is 0 Å². The highest BCUT2D eigenvalue weighted by Crippen LogP contribution is 2.32. The van der Waals surface area contributed by atoms with Gasteiger partial charge in [-0.2, -0.15) is 0 Å². The van der Waals surface area contributed by atoms with E-state index in [1.54, 1.807) is 31.4 Å². The number of nitrogens with one attached hydrogen (secondary N) is 1. The van der Waals surface area contributed by atoms with Gasteiger partial charge in [0.1, 0.15) is 10.8 Å². The summed E-state index contributed by atoms with van der Waals surface area (Å²) in [5, 5.41) is 17.1. The number of para-hydroxylation sites is 1. The number of benzene rings is 2. The van der Waals surface area contributed by atoms with Crippen LogP contribution < -0.4 is 10.1 Å². The topological polar surface area (TPSA) is 77.3 Å². The molecule has 25 heavy (non-hydrogen) atoms. The van der Waals surface area contributed by atoms with E-state index in [1.807, 2.05) is 35.7 Å². The van der Waals surface area contributed by atoms with E-state index in [4.69, 9.17) is 4.74 Å². The first-order valence-corrected chi connectivity index (χ1v) is 8.53. The van der Waals surface area contributed by atoms with Gasteiger partial charge in [0.05, 0.1) is 29.8 Å². The predicted octanol–water partition coefficient (Wildman–Crippen LogP) is 4.65. The van der Waals surface area contributed by atoms with Crippen LogP contribution in [0.2, 0.25) is 0 Å². The molecule has 0 aliphatic rings. The first-order chi connectivity index (χ1) is 12.1. The Bertz CT molecular complexity index is 908. The number of methoxy groups -OCH3 is 1. The molecule has 0 amide bonds. The molecule has 1 heterocycles. The molecule has 3 rings (SSSR count). The number of ether oxygens (including phenoxy) is 1. The molecular formula is C18H17N3O3S. The standard InChI is InChI=1S/C18H17N3O3S/c1-12-15(7-5-8-16(12)21(22)23)19-10-13-11-25-18(20-13)14-6-3-4-9-17(14)24-2/h3-9,11,19H,10H2,1-2H3. The normalized spacial score (nSPS) is 10.5. The first kappa shape index (κ1) is 16.9. The summed E-state index contributed by atoms with van der Waals surface area (Å²) >= 11 is 1.54. The Morgan fingerprint density at radius 1 is 1.24 bits per heavy atom. The first-order valence-electron chi connectivity index (χ1n) is 7.66. The fourth-order valence-electron chi connectivity index (χ4n) is 2.53. The summed E-state index contributed by atoms with van der Waals surface area (Å²) in [6, 6.07) is 12.8. The summed E-state index contributed by atoms with van der Waals surface area (Å²) in [5.74, 6) is 0.783. The van der Waals surface area contributed by atoms with Crippen molar-refractivity contribution >= 4 is 22.7 Å². The van der Waals surface area contributed by atoms with Crippen molar-refractivity contribution in [3.8, 4) is 16.3 Å². The van der Waals surface area contributed by atoms with E-state index in [0.29, 0.717) is 12.1 Å². The van der Waals surface area contributed by atoms with Crippen LogP contribution in [0.3, 0.4) is 0 Å². The zero-order chi connectivity index (χ0) is 17.8. The molecule has 128 valence electrons. The van der Waals surface area contributed by atoms with Crippen LogP contribution in [0.4, 0.5) is 11.4 Å². The van der Waals surface area contributed by atoms with Gasteiger partial charge in [0.25, 0.3) is 5.69 Å². The van der Waals surface area contributed by atoms with E-state index >= 15 is 0 Å². The van der Waals surface area contributed by atoms with E-state index < -0.39 is 0 Å².